The fraction of sp³-hybridized carbons (Fsp3) is 0.312. The zero-order chi connectivity index (χ0) is 14.1. The number of halogens is 2. The third-order valence-electron chi connectivity index (χ3n) is 3.82. The maximum atomic E-state index is 13.1. The van der Waals surface area contributed by atoms with Gasteiger partial charge in [0.25, 0.3) is 0 Å². The first-order valence-electron chi connectivity index (χ1n) is 6.68. The van der Waals surface area contributed by atoms with Gasteiger partial charge in [-0.15, -0.1) is 11.3 Å². The van der Waals surface area contributed by atoms with E-state index >= 15 is 0 Å². The van der Waals surface area contributed by atoms with Crippen molar-refractivity contribution >= 4 is 33.0 Å². The summed E-state index contributed by atoms with van der Waals surface area (Å²) in [6, 6.07) is 6.60. The maximum Gasteiger partial charge on any atom is 0.144 e. The van der Waals surface area contributed by atoms with Crippen LogP contribution in [0.25, 0.3) is 0 Å². The highest BCUT2D eigenvalue weighted by atomic mass is 79.9. The first kappa shape index (κ1) is 14.0. The normalized spacial score (nSPS) is 17.8. The van der Waals surface area contributed by atoms with E-state index in [1.807, 2.05) is 0 Å². The zero-order valence-corrected chi connectivity index (χ0v) is 13.3. The number of Topliss-reactive ketones (excluding diaryl/α,β-unsaturated/α-hetero) is 1. The molecule has 1 aliphatic carbocycles. The van der Waals surface area contributed by atoms with Gasteiger partial charge in [-0.25, -0.2) is 4.39 Å². The number of carbonyl (C=O) groups is 1. The van der Waals surface area contributed by atoms with Gasteiger partial charge in [0, 0.05) is 21.7 Å². The molecule has 1 unspecified atom stereocenters. The Kier molecular flexibility index (Phi) is 4.03. The van der Waals surface area contributed by atoms with Gasteiger partial charge in [0.1, 0.15) is 11.6 Å². The topological polar surface area (TPSA) is 17.1 Å². The summed E-state index contributed by atoms with van der Waals surface area (Å²) >= 11 is 5.08. The molecule has 1 atom stereocenters. The van der Waals surface area contributed by atoms with Crippen molar-refractivity contribution in [1.82, 2.24) is 0 Å². The lowest BCUT2D eigenvalue weighted by Gasteiger charge is -2.21. The highest BCUT2D eigenvalue weighted by molar-refractivity contribution is 9.10. The molecule has 104 valence electrons. The Bertz CT molecular complexity index is 650. The number of hydrogen-bond donors (Lipinski definition) is 0. The minimum atomic E-state index is -0.286. The highest BCUT2D eigenvalue weighted by Gasteiger charge is 2.27. The van der Waals surface area contributed by atoms with Crippen LogP contribution in [0.3, 0.4) is 0 Å². The van der Waals surface area contributed by atoms with Gasteiger partial charge in [0.15, 0.2) is 0 Å². The van der Waals surface area contributed by atoms with Gasteiger partial charge < -0.3 is 0 Å². The number of fused-ring (bicyclic) bond motifs is 1. The first-order chi connectivity index (χ1) is 9.65. The lowest BCUT2D eigenvalue weighted by molar-refractivity contribution is -0.120. The Morgan fingerprint density at radius 1 is 1.40 bits per heavy atom. The van der Waals surface area contributed by atoms with Crippen LogP contribution < -0.4 is 0 Å². The van der Waals surface area contributed by atoms with Crippen molar-refractivity contribution in [3.63, 3.8) is 0 Å². The SMILES string of the molecule is O=C(Cc1ccc(F)cc1Br)C1CCCc2sccc21. The molecule has 0 fully saturated rings. The fourth-order valence-electron chi connectivity index (χ4n) is 2.80. The lowest BCUT2D eigenvalue weighted by Crippen LogP contribution is -2.19. The molecule has 1 heterocycles. The van der Waals surface area contributed by atoms with Crippen LogP contribution in [0.5, 0.6) is 0 Å². The molecular formula is C16H14BrFOS. The molecule has 0 bridgehead atoms. The predicted octanol–water partition coefficient (Wildman–Crippen LogP) is 4.88. The molecule has 0 saturated heterocycles. The van der Waals surface area contributed by atoms with Gasteiger partial charge in [-0.1, -0.05) is 22.0 Å². The molecule has 1 nitrogen and oxygen atoms in total. The van der Waals surface area contributed by atoms with Crippen LogP contribution in [0.4, 0.5) is 4.39 Å². The summed E-state index contributed by atoms with van der Waals surface area (Å²) < 4.78 is 13.8. The Hall–Kier alpha value is -1.00. The Labute approximate surface area is 130 Å². The van der Waals surface area contributed by atoms with Crippen molar-refractivity contribution in [2.75, 3.05) is 0 Å². The van der Waals surface area contributed by atoms with Crippen LogP contribution in [0.2, 0.25) is 0 Å². The summed E-state index contributed by atoms with van der Waals surface area (Å²) in [6.07, 6.45) is 3.47. The summed E-state index contributed by atoms with van der Waals surface area (Å²) in [7, 11) is 0. The molecule has 1 aromatic carbocycles. The van der Waals surface area contributed by atoms with Crippen LogP contribution in [0.15, 0.2) is 34.1 Å². The fourth-order valence-corrected chi connectivity index (χ4v) is 4.28. The van der Waals surface area contributed by atoms with E-state index in [0.29, 0.717) is 10.9 Å². The molecule has 0 saturated carbocycles. The van der Waals surface area contributed by atoms with Crippen molar-refractivity contribution in [2.45, 2.75) is 31.6 Å². The summed E-state index contributed by atoms with van der Waals surface area (Å²) in [5, 5.41) is 2.07. The maximum absolute atomic E-state index is 13.1. The van der Waals surface area contributed by atoms with E-state index in [1.165, 1.54) is 22.6 Å². The minimum absolute atomic E-state index is 0.0157. The molecule has 0 aliphatic heterocycles. The van der Waals surface area contributed by atoms with E-state index in [2.05, 4.69) is 27.4 Å². The van der Waals surface area contributed by atoms with Crippen LogP contribution >= 0.6 is 27.3 Å². The highest BCUT2D eigenvalue weighted by Crippen LogP contribution is 2.36. The van der Waals surface area contributed by atoms with Crippen molar-refractivity contribution in [1.29, 1.82) is 0 Å². The Morgan fingerprint density at radius 3 is 3.05 bits per heavy atom. The van der Waals surface area contributed by atoms with Gasteiger partial charge in [-0.3, -0.25) is 4.79 Å². The Morgan fingerprint density at radius 2 is 2.25 bits per heavy atom. The first-order valence-corrected chi connectivity index (χ1v) is 8.35. The minimum Gasteiger partial charge on any atom is -0.299 e. The van der Waals surface area contributed by atoms with Crippen molar-refractivity contribution in [3.8, 4) is 0 Å². The third kappa shape index (κ3) is 2.72. The number of aryl methyl sites for hydroxylation is 1. The van der Waals surface area contributed by atoms with Gasteiger partial charge in [0.2, 0.25) is 0 Å². The monoisotopic (exact) mass is 352 g/mol. The summed E-state index contributed by atoms with van der Waals surface area (Å²) in [5.74, 6) is -0.0375. The molecule has 20 heavy (non-hydrogen) atoms. The largest absolute Gasteiger partial charge is 0.299 e. The second kappa shape index (κ2) is 5.78. The molecule has 3 rings (SSSR count). The quantitative estimate of drug-likeness (QED) is 0.769. The van der Waals surface area contributed by atoms with Crippen LogP contribution in [0.1, 0.15) is 34.8 Å². The van der Waals surface area contributed by atoms with Crippen LogP contribution in [-0.2, 0) is 17.6 Å². The van der Waals surface area contributed by atoms with Crippen molar-refractivity contribution < 1.29 is 9.18 Å². The van der Waals surface area contributed by atoms with Gasteiger partial charge >= 0.3 is 0 Å². The smallest absolute Gasteiger partial charge is 0.144 e. The van der Waals surface area contributed by atoms with E-state index in [0.717, 1.165) is 24.8 Å². The van der Waals surface area contributed by atoms with E-state index in [9.17, 15) is 9.18 Å². The molecule has 0 amide bonds. The summed E-state index contributed by atoms with van der Waals surface area (Å²) in [6.45, 7) is 0. The second-order valence-corrected chi connectivity index (χ2v) is 6.98. The van der Waals surface area contributed by atoms with Crippen LogP contribution in [0, 0.1) is 5.82 Å². The average Bonchev–Trinajstić information content (AvgIpc) is 2.90. The number of ketones is 1. The summed E-state index contributed by atoms with van der Waals surface area (Å²) in [5.41, 5.74) is 2.07. The predicted molar refractivity (Wildman–Crippen MR) is 82.8 cm³/mol. The third-order valence-corrected chi connectivity index (χ3v) is 5.56. The number of carbonyl (C=O) groups excluding carboxylic acids is 1. The molecular weight excluding hydrogens is 339 g/mol. The molecule has 1 aliphatic rings. The molecule has 0 radical (unpaired) electrons. The molecule has 4 heteroatoms. The molecule has 0 spiro atoms. The number of benzene rings is 1. The molecule has 0 N–H and O–H groups in total. The Balaban J connectivity index is 1.81. The van der Waals surface area contributed by atoms with E-state index < -0.39 is 0 Å². The molecule has 2 aromatic rings. The number of rotatable bonds is 3. The zero-order valence-electron chi connectivity index (χ0n) is 10.9. The van der Waals surface area contributed by atoms with E-state index in [4.69, 9.17) is 0 Å². The van der Waals surface area contributed by atoms with Gasteiger partial charge in [-0.2, -0.15) is 0 Å². The number of hydrogen-bond acceptors (Lipinski definition) is 2. The van der Waals surface area contributed by atoms with Gasteiger partial charge in [0.05, 0.1) is 0 Å². The molecule has 1 aromatic heterocycles. The van der Waals surface area contributed by atoms with Crippen molar-refractivity contribution in [3.05, 3.63) is 55.9 Å². The van der Waals surface area contributed by atoms with Crippen LogP contribution in [-0.4, -0.2) is 5.78 Å². The second-order valence-electron chi connectivity index (χ2n) is 5.12. The lowest BCUT2D eigenvalue weighted by atomic mass is 9.83. The van der Waals surface area contributed by atoms with Crippen molar-refractivity contribution in [2.24, 2.45) is 0 Å². The number of thiophene rings is 1. The van der Waals surface area contributed by atoms with E-state index in [1.54, 1.807) is 17.4 Å². The van der Waals surface area contributed by atoms with Gasteiger partial charge in [-0.05, 0) is 54.0 Å². The average molecular weight is 353 g/mol. The summed E-state index contributed by atoms with van der Waals surface area (Å²) in [4.78, 5) is 13.9. The van der Waals surface area contributed by atoms with E-state index in [-0.39, 0.29) is 17.5 Å². The standard InChI is InChI=1S/C16H14BrFOS/c17-14-9-11(18)5-4-10(14)8-15(19)12-2-1-3-16-13(12)6-7-20-16/h4-7,9,12H,1-3,8H2.